The Kier molecular flexibility index (Phi) is 3.30. The van der Waals surface area contributed by atoms with Gasteiger partial charge in [-0.05, 0) is 42.5 Å². The fraction of sp³-hybridized carbons (Fsp3) is 0.429. The van der Waals surface area contributed by atoms with Crippen LogP contribution in [0.25, 0.3) is 10.9 Å². The van der Waals surface area contributed by atoms with Crippen molar-refractivity contribution in [2.24, 2.45) is 0 Å². The average molecular weight is 217 g/mol. The van der Waals surface area contributed by atoms with Crippen molar-refractivity contribution >= 4 is 10.9 Å². The Morgan fingerprint density at radius 3 is 2.62 bits per heavy atom. The highest BCUT2D eigenvalue weighted by Crippen LogP contribution is 2.40. The van der Waals surface area contributed by atoms with Gasteiger partial charge in [0, 0.05) is 16.6 Å². The van der Waals surface area contributed by atoms with Crippen molar-refractivity contribution in [2.45, 2.75) is 39.2 Å². The highest BCUT2D eigenvalue weighted by Gasteiger charge is 2.23. The molecule has 0 atom stereocenters. The lowest BCUT2D eigenvalue weighted by atomic mass is 10.1. The SMILES string of the molecule is CC.OCc1cc2cc(C3CC3)ccc2[nH]1. The summed E-state index contributed by atoms with van der Waals surface area (Å²) in [6, 6.07) is 8.57. The largest absolute Gasteiger partial charge is 0.390 e. The molecule has 0 aliphatic heterocycles. The van der Waals surface area contributed by atoms with Crippen molar-refractivity contribution in [3.63, 3.8) is 0 Å². The quantitative estimate of drug-likeness (QED) is 0.792. The summed E-state index contributed by atoms with van der Waals surface area (Å²) >= 11 is 0. The van der Waals surface area contributed by atoms with Crippen LogP contribution in [-0.2, 0) is 6.61 Å². The van der Waals surface area contributed by atoms with Gasteiger partial charge in [0.1, 0.15) is 0 Å². The lowest BCUT2D eigenvalue weighted by Crippen LogP contribution is -1.79. The Bertz CT molecular complexity index is 469. The molecule has 3 rings (SSSR count). The lowest BCUT2D eigenvalue weighted by molar-refractivity contribution is 0.278. The second kappa shape index (κ2) is 4.71. The predicted molar refractivity (Wildman–Crippen MR) is 67.5 cm³/mol. The van der Waals surface area contributed by atoms with Gasteiger partial charge in [-0.1, -0.05) is 19.9 Å². The maximum Gasteiger partial charge on any atom is 0.0831 e. The van der Waals surface area contributed by atoms with E-state index in [0.29, 0.717) is 0 Å². The van der Waals surface area contributed by atoms with E-state index in [1.165, 1.54) is 23.8 Å². The molecule has 2 aromatic rings. The number of rotatable bonds is 2. The Morgan fingerprint density at radius 2 is 2.00 bits per heavy atom. The first-order valence-electron chi connectivity index (χ1n) is 6.09. The summed E-state index contributed by atoms with van der Waals surface area (Å²) in [4.78, 5) is 3.18. The number of hydrogen-bond donors (Lipinski definition) is 2. The molecule has 0 spiro atoms. The van der Waals surface area contributed by atoms with Crippen molar-refractivity contribution < 1.29 is 5.11 Å². The van der Waals surface area contributed by atoms with Gasteiger partial charge in [0.15, 0.2) is 0 Å². The molecule has 0 bridgehead atoms. The Morgan fingerprint density at radius 1 is 1.25 bits per heavy atom. The van der Waals surface area contributed by atoms with Gasteiger partial charge in [-0.3, -0.25) is 0 Å². The number of aromatic amines is 1. The zero-order chi connectivity index (χ0) is 11.5. The molecule has 2 heteroatoms. The maximum absolute atomic E-state index is 9.00. The van der Waals surface area contributed by atoms with E-state index in [1.54, 1.807) is 0 Å². The highest BCUT2D eigenvalue weighted by atomic mass is 16.3. The van der Waals surface area contributed by atoms with Crippen LogP contribution >= 0.6 is 0 Å². The smallest absolute Gasteiger partial charge is 0.0831 e. The molecule has 1 heterocycles. The zero-order valence-corrected chi connectivity index (χ0v) is 9.96. The number of hydrogen-bond acceptors (Lipinski definition) is 1. The zero-order valence-electron chi connectivity index (χ0n) is 9.96. The molecule has 1 aromatic heterocycles. The number of H-pyrrole nitrogens is 1. The molecule has 86 valence electrons. The molecule has 2 nitrogen and oxygen atoms in total. The normalized spacial score (nSPS) is 14.7. The molecule has 1 aromatic carbocycles. The van der Waals surface area contributed by atoms with E-state index in [9.17, 15) is 0 Å². The topological polar surface area (TPSA) is 36.0 Å². The summed E-state index contributed by atoms with van der Waals surface area (Å²) in [5.74, 6) is 0.798. The molecule has 16 heavy (non-hydrogen) atoms. The van der Waals surface area contributed by atoms with E-state index >= 15 is 0 Å². The van der Waals surface area contributed by atoms with Crippen LogP contribution in [0.1, 0.15) is 43.9 Å². The van der Waals surface area contributed by atoms with Gasteiger partial charge in [-0.15, -0.1) is 0 Å². The van der Waals surface area contributed by atoms with Gasteiger partial charge in [-0.2, -0.15) is 0 Å². The molecule has 1 aliphatic carbocycles. The van der Waals surface area contributed by atoms with Gasteiger partial charge < -0.3 is 10.1 Å². The first-order valence-corrected chi connectivity index (χ1v) is 6.09. The van der Waals surface area contributed by atoms with Crippen LogP contribution in [0.2, 0.25) is 0 Å². The van der Waals surface area contributed by atoms with Gasteiger partial charge in [0.2, 0.25) is 0 Å². The Hall–Kier alpha value is -1.28. The van der Waals surface area contributed by atoms with Crippen molar-refractivity contribution in [1.82, 2.24) is 4.98 Å². The summed E-state index contributed by atoms with van der Waals surface area (Å²) in [6.45, 7) is 4.09. The molecule has 2 N–H and O–H groups in total. The van der Waals surface area contributed by atoms with Gasteiger partial charge >= 0.3 is 0 Å². The van der Waals surface area contributed by atoms with Crippen LogP contribution < -0.4 is 0 Å². The first kappa shape index (κ1) is 11.2. The van der Waals surface area contributed by atoms with Crippen LogP contribution in [0.15, 0.2) is 24.3 Å². The average Bonchev–Trinajstić information content (AvgIpc) is 3.10. The van der Waals surface area contributed by atoms with Crippen molar-refractivity contribution in [3.8, 4) is 0 Å². The van der Waals surface area contributed by atoms with Crippen LogP contribution in [0.5, 0.6) is 0 Å². The second-order valence-corrected chi connectivity index (χ2v) is 4.07. The highest BCUT2D eigenvalue weighted by molar-refractivity contribution is 5.81. The lowest BCUT2D eigenvalue weighted by Gasteiger charge is -1.96. The standard InChI is InChI=1S/C12H13NO.C2H6/c14-7-11-6-10-5-9(8-1-2-8)3-4-12(10)13-11;1-2/h3-6,8,13-14H,1-2,7H2;1-2H3. The summed E-state index contributed by atoms with van der Waals surface area (Å²) in [5, 5.41) is 10.2. The number of nitrogens with one attached hydrogen (secondary N) is 1. The van der Waals surface area contributed by atoms with Crippen LogP contribution in [0, 0.1) is 0 Å². The van der Waals surface area contributed by atoms with Crippen molar-refractivity contribution in [3.05, 3.63) is 35.5 Å². The minimum Gasteiger partial charge on any atom is -0.390 e. The summed E-state index contributed by atoms with van der Waals surface area (Å²) in [7, 11) is 0. The predicted octanol–water partition coefficient (Wildman–Crippen LogP) is 3.56. The first-order chi connectivity index (χ1) is 7.86. The third kappa shape index (κ3) is 2.12. The number of aromatic nitrogens is 1. The molecular formula is C14H19NO. The van der Waals surface area contributed by atoms with Gasteiger partial charge in [0.05, 0.1) is 6.61 Å². The Labute approximate surface area is 96.3 Å². The van der Waals surface area contributed by atoms with E-state index in [0.717, 1.165) is 17.1 Å². The fourth-order valence-electron chi connectivity index (χ4n) is 1.97. The molecule has 0 saturated heterocycles. The van der Waals surface area contributed by atoms with E-state index in [4.69, 9.17) is 5.11 Å². The molecule has 0 radical (unpaired) electrons. The van der Waals surface area contributed by atoms with E-state index < -0.39 is 0 Å². The number of fused-ring (bicyclic) bond motifs is 1. The molecule has 1 aliphatic rings. The fourth-order valence-corrected chi connectivity index (χ4v) is 1.97. The van der Waals surface area contributed by atoms with E-state index in [-0.39, 0.29) is 6.61 Å². The number of aliphatic hydroxyl groups excluding tert-OH is 1. The monoisotopic (exact) mass is 217 g/mol. The summed E-state index contributed by atoms with van der Waals surface area (Å²) < 4.78 is 0. The molecule has 1 fully saturated rings. The summed E-state index contributed by atoms with van der Waals surface area (Å²) in [6.07, 6.45) is 2.67. The van der Waals surface area contributed by atoms with Gasteiger partial charge in [-0.25, -0.2) is 0 Å². The van der Waals surface area contributed by atoms with E-state index in [2.05, 4.69) is 23.2 Å². The number of aliphatic hydroxyl groups is 1. The third-order valence-electron chi connectivity index (χ3n) is 2.92. The molecule has 0 amide bonds. The summed E-state index contributed by atoms with van der Waals surface area (Å²) in [5.41, 5.74) is 3.47. The van der Waals surface area contributed by atoms with Crippen LogP contribution in [0.4, 0.5) is 0 Å². The van der Waals surface area contributed by atoms with Crippen molar-refractivity contribution in [1.29, 1.82) is 0 Å². The minimum absolute atomic E-state index is 0.0907. The molecule has 1 saturated carbocycles. The molecular weight excluding hydrogens is 198 g/mol. The molecule has 0 unspecified atom stereocenters. The minimum atomic E-state index is 0.0907. The van der Waals surface area contributed by atoms with E-state index in [1.807, 2.05) is 19.9 Å². The maximum atomic E-state index is 9.00. The van der Waals surface area contributed by atoms with Crippen molar-refractivity contribution in [2.75, 3.05) is 0 Å². The third-order valence-corrected chi connectivity index (χ3v) is 2.92. The Balaban J connectivity index is 0.000000457. The van der Waals surface area contributed by atoms with Gasteiger partial charge in [0.25, 0.3) is 0 Å². The number of benzene rings is 1. The van der Waals surface area contributed by atoms with Crippen LogP contribution in [0.3, 0.4) is 0 Å². The van der Waals surface area contributed by atoms with Crippen LogP contribution in [-0.4, -0.2) is 10.1 Å². The second-order valence-electron chi connectivity index (χ2n) is 4.07.